The summed E-state index contributed by atoms with van der Waals surface area (Å²) in [5, 5.41) is 76.2. The van der Waals surface area contributed by atoms with Crippen LogP contribution < -0.4 is 4.74 Å². The summed E-state index contributed by atoms with van der Waals surface area (Å²) in [4.78, 5) is 28.7. The van der Waals surface area contributed by atoms with Crippen molar-refractivity contribution in [3.63, 3.8) is 0 Å². The lowest BCUT2D eigenvalue weighted by Crippen LogP contribution is -2.62. The second-order valence-electron chi connectivity index (χ2n) is 12.8. The Morgan fingerprint density at radius 3 is 2.53 bits per heavy atom. The van der Waals surface area contributed by atoms with Gasteiger partial charge in [0.25, 0.3) is 5.69 Å². The van der Waals surface area contributed by atoms with Gasteiger partial charge in [-0.2, -0.15) is 0 Å². The first-order valence-electron chi connectivity index (χ1n) is 16.4. The molecule has 2 aliphatic carbocycles. The summed E-state index contributed by atoms with van der Waals surface area (Å²) in [7, 11) is 0. The Morgan fingerprint density at radius 1 is 1.10 bits per heavy atom. The average Bonchev–Trinajstić information content (AvgIpc) is 3.57. The van der Waals surface area contributed by atoms with Gasteiger partial charge in [-0.3, -0.25) is 10.1 Å². The summed E-state index contributed by atoms with van der Waals surface area (Å²) in [6.45, 7) is 0.0543. The van der Waals surface area contributed by atoms with E-state index in [1.54, 1.807) is 24.3 Å². The summed E-state index contributed by atoms with van der Waals surface area (Å²) < 4.78 is 7.58. The molecule has 5 N–H and O–H groups in total. The molecule has 2 heterocycles. The SMILES string of the molecule is O=C(O)c1cnnn1C1CC(=NOCc2ccc([N+](=O)[O-])cc2)C2=CC(CCCCO)C(CCCCO)C3c4cc(O)ccc4OC1(O)C23. The van der Waals surface area contributed by atoms with Crippen LogP contribution in [-0.2, 0) is 11.4 Å². The number of aliphatic hydroxyl groups is 3. The van der Waals surface area contributed by atoms with Gasteiger partial charge in [-0.15, -0.1) is 5.10 Å². The highest BCUT2D eigenvalue weighted by atomic mass is 16.6. The maximum Gasteiger partial charge on any atom is 0.355 e. The number of aromatic hydroxyl groups is 1. The predicted octanol–water partition coefficient (Wildman–Crippen LogP) is 4.09. The molecule has 6 atom stereocenters. The number of aromatic carboxylic acids is 1. The number of nitrogens with zero attached hydrogens (tertiary/aromatic N) is 5. The Bertz CT molecular complexity index is 1740. The lowest BCUT2D eigenvalue weighted by atomic mass is 9.55. The minimum Gasteiger partial charge on any atom is -0.508 e. The summed E-state index contributed by atoms with van der Waals surface area (Å²) in [6.07, 6.45) is 7.15. The average molecular weight is 678 g/mol. The smallest absolute Gasteiger partial charge is 0.355 e. The minimum absolute atomic E-state index is 0.0155. The third-order valence-electron chi connectivity index (χ3n) is 9.90. The van der Waals surface area contributed by atoms with Gasteiger partial charge in [0.1, 0.15) is 24.1 Å². The fourth-order valence-corrected chi connectivity index (χ4v) is 7.73. The zero-order valence-corrected chi connectivity index (χ0v) is 26.7. The molecule has 2 aromatic carbocycles. The zero-order chi connectivity index (χ0) is 34.7. The number of aliphatic hydroxyl groups excluding tert-OH is 2. The summed E-state index contributed by atoms with van der Waals surface area (Å²) in [6, 6.07) is 9.46. The molecule has 3 aliphatic rings. The van der Waals surface area contributed by atoms with Crippen LogP contribution in [0.25, 0.3) is 0 Å². The highest BCUT2D eigenvalue weighted by Gasteiger charge is 2.63. The maximum absolute atomic E-state index is 12.8. The van der Waals surface area contributed by atoms with E-state index in [-0.39, 0.29) is 55.2 Å². The summed E-state index contributed by atoms with van der Waals surface area (Å²) >= 11 is 0. The van der Waals surface area contributed by atoms with Crippen LogP contribution in [0.15, 0.2) is 65.5 Å². The number of allylic oxidation sites excluding steroid dienone is 1. The number of carbonyl (C=O) groups is 1. The Kier molecular flexibility index (Phi) is 9.94. The van der Waals surface area contributed by atoms with Crippen LogP contribution in [0.1, 0.15) is 78.5 Å². The molecule has 1 aromatic heterocycles. The number of rotatable bonds is 14. The first-order chi connectivity index (χ1) is 23.7. The van der Waals surface area contributed by atoms with Gasteiger partial charge in [0, 0.05) is 43.2 Å². The Labute approximate surface area is 281 Å². The van der Waals surface area contributed by atoms with Crippen molar-refractivity contribution >= 4 is 17.4 Å². The van der Waals surface area contributed by atoms with Crippen LogP contribution in [0.5, 0.6) is 11.5 Å². The molecule has 49 heavy (non-hydrogen) atoms. The first kappa shape index (κ1) is 34.0. The van der Waals surface area contributed by atoms with Crippen LogP contribution in [0.2, 0.25) is 0 Å². The number of nitro groups is 1. The molecule has 1 aliphatic heterocycles. The van der Waals surface area contributed by atoms with Crippen molar-refractivity contribution in [2.24, 2.45) is 22.9 Å². The fourth-order valence-electron chi connectivity index (χ4n) is 7.73. The highest BCUT2D eigenvalue weighted by molar-refractivity contribution is 6.02. The van der Waals surface area contributed by atoms with Gasteiger partial charge in [0.2, 0.25) is 5.79 Å². The molecule has 3 aromatic rings. The van der Waals surface area contributed by atoms with Gasteiger partial charge in [0.05, 0.1) is 22.7 Å². The Balaban J connectivity index is 1.49. The number of aromatic nitrogens is 3. The van der Waals surface area contributed by atoms with Crippen molar-refractivity contribution in [2.45, 2.75) is 69.3 Å². The van der Waals surface area contributed by atoms with Crippen molar-refractivity contribution in [2.75, 3.05) is 13.2 Å². The van der Waals surface area contributed by atoms with Gasteiger partial charge >= 0.3 is 5.97 Å². The number of hydrogen-bond donors (Lipinski definition) is 5. The molecule has 6 rings (SSSR count). The van der Waals surface area contributed by atoms with E-state index < -0.39 is 34.6 Å². The van der Waals surface area contributed by atoms with Crippen molar-refractivity contribution in [3.8, 4) is 11.5 Å². The number of ether oxygens (including phenoxy) is 1. The van der Waals surface area contributed by atoms with E-state index in [0.717, 1.165) is 23.7 Å². The number of nitro benzene ring substituents is 1. The molecule has 1 fully saturated rings. The normalized spacial score (nSPS) is 26.3. The number of oxime groups is 1. The number of non-ortho nitro benzene ring substituents is 1. The summed E-state index contributed by atoms with van der Waals surface area (Å²) in [5.74, 6) is -4.33. The molecule has 0 saturated heterocycles. The van der Waals surface area contributed by atoms with E-state index >= 15 is 0 Å². The number of benzene rings is 2. The van der Waals surface area contributed by atoms with Gasteiger partial charge in [-0.1, -0.05) is 29.3 Å². The number of phenols is 1. The third kappa shape index (κ3) is 6.60. The first-order valence-corrected chi connectivity index (χ1v) is 16.4. The van der Waals surface area contributed by atoms with Gasteiger partial charge in [-0.25, -0.2) is 9.48 Å². The van der Waals surface area contributed by atoms with Crippen molar-refractivity contribution < 1.29 is 44.8 Å². The number of hydrogen-bond acceptors (Lipinski definition) is 12. The van der Waals surface area contributed by atoms with E-state index in [4.69, 9.17) is 9.57 Å². The largest absolute Gasteiger partial charge is 0.508 e. The lowest BCUT2D eigenvalue weighted by molar-refractivity contribution is -0.384. The van der Waals surface area contributed by atoms with Gasteiger partial charge < -0.3 is 35.1 Å². The molecule has 260 valence electrons. The van der Waals surface area contributed by atoms with Gasteiger partial charge in [-0.05, 0) is 79.0 Å². The van der Waals surface area contributed by atoms with E-state index in [1.165, 1.54) is 18.2 Å². The monoisotopic (exact) mass is 677 g/mol. The molecule has 15 nitrogen and oxygen atoms in total. The molecule has 0 spiro atoms. The predicted molar refractivity (Wildman–Crippen MR) is 173 cm³/mol. The Hall–Kier alpha value is -4.86. The molecule has 0 amide bonds. The summed E-state index contributed by atoms with van der Waals surface area (Å²) in [5.41, 5.74) is 2.10. The van der Waals surface area contributed by atoms with Crippen LogP contribution in [0.4, 0.5) is 5.69 Å². The highest BCUT2D eigenvalue weighted by Crippen LogP contribution is 2.62. The lowest BCUT2D eigenvalue weighted by Gasteiger charge is -2.56. The number of carboxylic acids is 1. The second kappa shape index (κ2) is 14.3. The van der Waals surface area contributed by atoms with Crippen LogP contribution in [0.3, 0.4) is 0 Å². The van der Waals surface area contributed by atoms with Crippen LogP contribution in [0, 0.1) is 27.9 Å². The standard InChI is InChI=1S/C34H39N5O10/c40-13-3-1-5-21-15-25-27(36-48-19-20-7-9-22(10-8-20)39(46)47)17-30(38-28(33(43)44)18-35-37-38)34(45)32(25)31(24(21)6-2-4-14-41)26-16-23(42)11-12-29(26)49-34/h7-12,15-16,18,21,24,30-32,40-42,45H,1-6,13-14,17,19H2,(H,43,44). The van der Waals surface area contributed by atoms with Crippen LogP contribution in [-0.4, -0.2) is 76.1 Å². The van der Waals surface area contributed by atoms with E-state index in [2.05, 4.69) is 21.5 Å². The van der Waals surface area contributed by atoms with E-state index in [1.807, 2.05) is 0 Å². The second-order valence-corrected chi connectivity index (χ2v) is 12.8. The quantitative estimate of drug-likeness (QED) is 0.0925. The molecule has 6 unspecified atom stereocenters. The van der Waals surface area contributed by atoms with E-state index in [0.29, 0.717) is 53.8 Å². The minimum atomic E-state index is -2.03. The number of phenolic OH excluding ortho intramolecular Hbond substituents is 1. The molecule has 15 heteroatoms. The molecule has 0 radical (unpaired) electrons. The molecule has 1 saturated carbocycles. The van der Waals surface area contributed by atoms with Crippen LogP contribution >= 0.6 is 0 Å². The number of fused-ring (bicyclic) bond motifs is 2. The molecular weight excluding hydrogens is 638 g/mol. The van der Waals surface area contributed by atoms with Gasteiger partial charge in [0.15, 0.2) is 5.69 Å². The zero-order valence-electron chi connectivity index (χ0n) is 26.7. The van der Waals surface area contributed by atoms with Crippen molar-refractivity contribution in [3.05, 3.63) is 87.2 Å². The van der Waals surface area contributed by atoms with E-state index in [9.17, 15) is 40.4 Å². The maximum atomic E-state index is 12.8. The number of carboxylic acid groups (broad SMARTS) is 1. The fraction of sp³-hybridized carbons (Fsp3) is 0.471. The third-order valence-corrected chi connectivity index (χ3v) is 9.90. The number of unbranched alkanes of at least 4 members (excludes halogenated alkanes) is 2. The Morgan fingerprint density at radius 2 is 1.84 bits per heavy atom. The molecular formula is C34H39N5O10. The topological polar surface area (TPSA) is 223 Å². The van der Waals surface area contributed by atoms with Crippen molar-refractivity contribution in [1.82, 2.24) is 15.0 Å². The molecule has 0 bridgehead atoms. The van der Waals surface area contributed by atoms with Crippen molar-refractivity contribution in [1.29, 1.82) is 0 Å².